The molecular formula is C24H22N2O3S. The lowest BCUT2D eigenvalue weighted by molar-refractivity contribution is -0.115. The smallest absolute Gasteiger partial charge is 0.268 e. The molecule has 3 aromatic carbocycles. The van der Waals surface area contributed by atoms with Crippen molar-refractivity contribution in [3.63, 3.8) is 0 Å². The first kappa shape index (κ1) is 20.0. The second-order valence-electron chi connectivity index (χ2n) is 7.70. The van der Waals surface area contributed by atoms with Crippen LogP contribution in [0.1, 0.15) is 29.4 Å². The molecule has 0 saturated carbocycles. The first-order valence-corrected chi connectivity index (χ1v) is 11.1. The molecule has 4 rings (SSSR count). The highest BCUT2D eigenvalue weighted by Crippen LogP contribution is 2.36. The van der Waals surface area contributed by atoms with Gasteiger partial charge >= 0.3 is 0 Å². The number of sulfone groups is 1. The number of fused-ring (bicyclic) bond motifs is 1. The van der Waals surface area contributed by atoms with Crippen LogP contribution in [0.3, 0.4) is 0 Å². The normalized spacial score (nSPS) is 13.8. The number of rotatable bonds is 4. The molecule has 0 amide bonds. The molecule has 0 fully saturated rings. The van der Waals surface area contributed by atoms with Crippen molar-refractivity contribution in [2.75, 3.05) is 0 Å². The van der Waals surface area contributed by atoms with Crippen LogP contribution in [0, 0.1) is 13.8 Å². The number of carbonyl (C=O) groups is 1. The van der Waals surface area contributed by atoms with Crippen LogP contribution in [0.4, 0.5) is 0 Å². The van der Waals surface area contributed by atoms with Gasteiger partial charge in [0.25, 0.3) is 5.12 Å². The Kier molecular flexibility index (Phi) is 4.82. The number of nitrogens with one attached hydrogen (secondary N) is 1. The van der Waals surface area contributed by atoms with E-state index in [0.717, 1.165) is 16.6 Å². The largest absolute Gasteiger partial charge is 0.341 e. The second kappa shape index (κ2) is 7.22. The summed E-state index contributed by atoms with van der Waals surface area (Å²) in [6, 6.07) is 20.9. The van der Waals surface area contributed by atoms with E-state index in [0.29, 0.717) is 16.9 Å². The van der Waals surface area contributed by atoms with Gasteiger partial charge in [-0.15, -0.1) is 0 Å². The fraction of sp³-hybridized carbons (Fsp3) is 0.167. The topological polar surface area (TPSA) is 79.9 Å². The van der Waals surface area contributed by atoms with Crippen LogP contribution >= 0.6 is 0 Å². The number of benzene rings is 3. The molecule has 4 aromatic rings. The van der Waals surface area contributed by atoms with E-state index in [-0.39, 0.29) is 4.90 Å². The molecular weight excluding hydrogens is 396 g/mol. The molecule has 0 bridgehead atoms. The zero-order valence-corrected chi connectivity index (χ0v) is 17.8. The molecule has 0 saturated heterocycles. The fourth-order valence-corrected chi connectivity index (χ4v) is 5.04. The third kappa shape index (κ3) is 3.23. The quantitative estimate of drug-likeness (QED) is 0.530. The Hall–Kier alpha value is -3.25. The lowest BCUT2D eigenvalue weighted by Crippen LogP contribution is -2.40. The van der Waals surface area contributed by atoms with E-state index >= 15 is 0 Å². The predicted molar refractivity (Wildman–Crippen MR) is 117 cm³/mol. The Balaban J connectivity index is 1.93. The highest BCUT2D eigenvalue weighted by atomic mass is 32.2. The number of hydrogen-bond acceptors (Lipinski definition) is 4. The summed E-state index contributed by atoms with van der Waals surface area (Å²) in [5, 5.41) is -0.916. The summed E-state index contributed by atoms with van der Waals surface area (Å²) in [5.74, 6) is 0.301. The molecule has 5 nitrogen and oxygen atoms in total. The van der Waals surface area contributed by atoms with Gasteiger partial charge in [0.2, 0.25) is 9.84 Å². The van der Waals surface area contributed by atoms with Crippen molar-refractivity contribution in [2.24, 2.45) is 0 Å². The Labute approximate surface area is 175 Å². The van der Waals surface area contributed by atoms with Gasteiger partial charge in [0.1, 0.15) is 11.2 Å². The molecule has 1 N–H and O–H groups in total. The van der Waals surface area contributed by atoms with Crippen molar-refractivity contribution in [3.8, 4) is 0 Å². The van der Waals surface area contributed by atoms with Crippen LogP contribution in [0.15, 0.2) is 77.7 Å². The van der Waals surface area contributed by atoms with Crippen molar-refractivity contribution < 1.29 is 13.2 Å². The van der Waals surface area contributed by atoms with Crippen LogP contribution in [0.25, 0.3) is 11.0 Å². The Morgan fingerprint density at radius 2 is 1.53 bits per heavy atom. The minimum atomic E-state index is -4.25. The van der Waals surface area contributed by atoms with E-state index < -0.39 is 20.4 Å². The van der Waals surface area contributed by atoms with E-state index in [1.54, 1.807) is 43.3 Å². The molecule has 0 aliphatic rings. The van der Waals surface area contributed by atoms with Crippen molar-refractivity contribution in [2.45, 2.75) is 31.1 Å². The van der Waals surface area contributed by atoms with Gasteiger partial charge in [0.15, 0.2) is 0 Å². The summed E-state index contributed by atoms with van der Waals surface area (Å²) in [4.78, 5) is 21.4. The average Bonchev–Trinajstić information content (AvgIpc) is 3.17. The van der Waals surface area contributed by atoms with Crippen LogP contribution in [-0.4, -0.2) is 23.5 Å². The fourth-order valence-electron chi connectivity index (χ4n) is 3.58. The van der Waals surface area contributed by atoms with E-state index in [2.05, 4.69) is 9.97 Å². The first-order chi connectivity index (χ1) is 14.2. The molecule has 0 aliphatic heterocycles. The van der Waals surface area contributed by atoms with Crippen LogP contribution in [0.2, 0.25) is 0 Å². The van der Waals surface area contributed by atoms with E-state index in [1.807, 2.05) is 38.1 Å². The molecule has 6 heteroatoms. The van der Waals surface area contributed by atoms with Crippen LogP contribution in [0.5, 0.6) is 0 Å². The van der Waals surface area contributed by atoms with E-state index in [9.17, 15) is 13.2 Å². The monoisotopic (exact) mass is 418 g/mol. The third-order valence-electron chi connectivity index (χ3n) is 5.45. The van der Waals surface area contributed by atoms with Gasteiger partial charge in [-0.25, -0.2) is 13.4 Å². The average molecular weight is 419 g/mol. The highest BCUT2D eigenvalue weighted by Gasteiger charge is 2.47. The maximum Gasteiger partial charge on any atom is 0.268 e. The lowest BCUT2D eigenvalue weighted by atomic mass is 9.83. The number of aryl methyl sites for hydroxylation is 2. The number of aromatic nitrogens is 2. The molecule has 0 spiro atoms. The Morgan fingerprint density at radius 3 is 2.20 bits per heavy atom. The number of aromatic amines is 1. The van der Waals surface area contributed by atoms with Gasteiger partial charge in [-0.05, 0) is 56.2 Å². The number of carbonyl (C=O) groups excluding carboxylic acids is 1. The summed E-state index contributed by atoms with van der Waals surface area (Å²) >= 11 is 0. The number of nitrogens with zero attached hydrogens (tertiary/aromatic N) is 1. The van der Waals surface area contributed by atoms with Crippen LogP contribution < -0.4 is 0 Å². The Bertz CT molecular complexity index is 1340. The lowest BCUT2D eigenvalue weighted by Gasteiger charge is -2.26. The second-order valence-corrected chi connectivity index (χ2v) is 9.55. The van der Waals surface area contributed by atoms with E-state index in [1.165, 1.54) is 12.1 Å². The maximum atomic E-state index is 13.7. The molecule has 30 heavy (non-hydrogen) atoms. The Morgan fingerprint density at radius 1 is 0.900 bits per heavy atom. The standard InChI is InChI=1S/C24H22N2O3S/c1-16-9-12-19(13-10-16)30(28,29)23(27)24(3,18-7-5-4-6-8-18)22-25-20-14-11-17(2)15-21(20)26-22/h4-15H,1-3H3,(H,25,26). The molecule has 0 aliphatic carbocycles. The zero-order valence-electron chi connectivity index (χ0n) is 17.0. The SMILES string of the molecule is Cc1ccc(S(=O)(=O)C(=O)C(C)(c2ccccc2)c2nc3ccc(C)cc3[nH]2)cc1. The van der Waals surface area contributed by atoms with E-state index in [4.69, 9.17) is 0 Å². The van der Waals surface area contributed by atoms with Gasteiger partial charge in [-0.3, -0.25) is 4.79 Å². The number of H-pyrrole nitrogens is 1. The van der Waals surface area contributed by atoms with Gasteiger partial charge in [0.05, 0.1) is 15.9 Å². The van der Waals surface area contributed by atoms with Gasteiger partial charge < -0.3 is 4.98 Å². The van der Waals surface area contributed by atoms with Crippen molar-refractivity contribution in [1.29, 1.82) is 0 Å². The van der Waals surface area contributed by atoms with Gasteiger partial charge in [-0.2, -0.15) is 0 Å². The minimum absolute atomic E-state index is 0.0211. The maximum absolute atomic E-state index is 13.7. The van der Waals surface area contributed by atoms with Crippen molar-refractivity contribution in [3.05, 3.63) is 95.3 Å². The summed E-state index contributed by atoms with van der Waals surface area (Å²) in [6.07, 6.45) is 0. The molecule has 1 aromatic heterocycles. The zero-order chi connectivity index (χ0) is 21.5. The molecule has 0 radical (unpaired) electrons. The van der Waals surface area contributed by atoms with Crippen molar-refractivity contribution >= 4 is 26.0 Å². The highest BCUT2D eigenvalue weighted by molar-refractivity contribution is 8.06. The number of imidazole rings is 1. The minimum Gasteiger partial charge on any atom is -0.341 e. The third-order valence-corrected chi connectivity index (χ3v) is 7.23. The van der Waals surface area contributed by atoms with Crippen molar-refractivity contribution in [1.82, 2.24) is 9.97 Å². The summed E-state index contributed by atoms with van der Waals surface area (Å²) in [7, 11) is -4.25. The van der Waals surface area contributed by atoms with Gasteiger partial charge in [0, 0.05) is 0 Å². The molecule has 1 heterocycles. The number of hydrogen-bond donors (Lipinski definition) is 1. The predicted octanol–water partition coefficient (Wildman–Crippen LogP) is 4.49. The first-order valence-electron chi connectivity index (χ1n) is 9.61. The van der Waals surface area contributed by atoms with Crippen LogP contribution in [-0.2, 0) is 20.0 Å². The van der Waals surface area contributed by atoms with Gasteiger partial charge in [-0.1, -0.05) is 54.1 Å². The molecule has 1 atom stereocenters. The molecule has 1 unspecified atom stereocenters. The summed E-state index contributed by atoms with van der Waals surface area (Å²) in [5.41, 5.74) is 2.45. The summed E-state index contributed by atoms with van der Waals surface area (Å²) < 4.78 is 26.6. The molecule has 152 valence electrons. The summed E-state index contributed by atoms with van der Waals surface area (Å²) in [6.45, 7) is 5.44.